The average molecular weight is 673 g/mol. The fourth-order valence-corrected chi connectivity index (χ4v) is 7.42. The fourth-order valence-electron chi connectivity index (χ4n) is 7.42. The molecule has 1 aliphatic carbocycles. The van der Waals surface area contributed by atoms with Gasteiger partial charge >= 0.3 is 0 Å². The molecule has 5 aromatic carbocycles. The number of aliphatic imine (C=N–C) groups is 1. The van der Waals surface area contributed by atoms with Crippen LogP contribution < -0.4 is 0 Å². The molecule has 3 heterocycles. The van der Waals surface area contributed by atoms with Crippen molar-refractivity contribution in [2.45, 2.75) is 31.2 Å². The van der Waals surface area contributed by atoms with Crippen LogP contribution in [0.3, 0.4) is 0 Å². The number of benzene rings is 5. The highest BCUT2D eigenvalue weighted by Crippen LogP contribution is 2.40. The Morgan fingerprint density at radius 2 is 0.904 bits per heavy atom. The summed E-state index contributed by atoms with van der Waals surface area (Å²) in [5, 5.41) is 0. The van der Waals surface area contributed by atoms with E-state index in [1.165, 1.54) is 0 Å². The van der Waals surface area contributed by atoms with E-state index >= 15 is 0 Å². The number of hydrogen-bond donors (Lipinski definition) is 0. The molecule has 9 rings (SSSR count). The Bertz CT molecular complexity index is 2390. The molecule has 250 valence electrons. The quantitative estimate of drug-likeness (QED) is 0.168. The molecule has 1 saturated carbocycles. The zero-order valence-corrected chi connectivity index (χ0v) is 28.6. The summed E-state index contributed by atoms with van der Waals surface area (Å²) in [5.74, 6) is 2.82. The molecule has 0 radical (unpaired) electrons. The zero-order valence-electron chi connectivity index (χ0n) is 28.6. The Kier molecular flexibility index (Phi) is 8.55. The molecule has 2 aliphatic rings. The van der Waals surface area contributed by atoms with Crippen LogP contribution in [0.2, 0.25) is 0 Å². The third-order valence-corrected chi connectivity index (χ3v) is 10.1. The monoisotopic (exact) mass is 672 g/mol. The predicted octanol–water partition coefficient (Wildman–Crippen LogP) is 10.6. The van der Waals surface area contributed by atoms with Crippen LogP contribution in [0, 0.1) is 5.92 Å². The second-order valence-corrected chi connectivity index (χ2v) is 13.4. The molecule has 6 heteroatoms. The van der Waals surface area contributed by atoms with Crippen LogP contribution in [0.4, 0.5) is 0 Å². The first kappa shape index (κ1) is 31.6. The minimum atomic E-state index is 0.223. The van der Waals surface area contributed by atoms with Crippen LogP contribution in [-0.4, -0.2) is 37.2 Å². The number of fused-ring (bicyclic) bond motifs is 1. The Morgan fingerprint density at radius 3 is 1.48 bits per heavy atom. The molecule has 0 N–H and O–H groups in total. The maximum absolute atomic E-state index is 5.46. The molecular formula is C46H36N6. The van der Waals surface area contributed by atoms with Gasteiger partial charge in [0.25, 0.3) is 0 Å². The summed E-state index contributed by atoms with van der Waals surface area (Å²) in [7, 11) is 0. The molecule has 7 aromatic rings. The first-order valence-corrected chi connectivity index (χ1v) is 18.0. The lowest BCUT2D eigenvalue weighted by atomic mass is 9.77. The summed E-state index contributed by atoms with van der Waals surface area (Å²) in [6.45, 7) is 0. The van der Waals surface area contributed by atoms with Gasteiger partial charge in [0.05, 0.1) is 28.8 Å². The van der Waals surface area contributed by atoms with Crippen molar-refractivity contribution in [1.82, 2.24) is 24.9 Å². The Balaban J connectivity index is 1.20. The van der Waals surface area contributed by atoms with E-state index in [9.17, 15) is 0 Å². The molecule has 0 saturated heterocycles. The largest absolute Gasteiger partial charge is 0.289 e. The van der Waals surface area contributed by atoms with Gasteiger partial charge in [0, 0.05) is 51.4 Å². The lowest BCUT2D eigenvalue weighted by Gasteiger charge is -2.33. The minimum absolute atomic E-state index is 0.223. The van der Waals surface area contributed by atoms with Crippen molar-refractivity contribution in [3.8, 4) is 67.8 Å². The van der Waals surface area contributed by atoms with E-state index in [-0.39, 0.29) is 5.92 Å². The van der Waals surface area contributed by atoms with Crippen LogP contribution in [-0.2, 0) is 0 Å². The van der Waals surface area contributed by atoms with Gasteiger partial charge < -0.3 is 0 Å². The Morgan fingerprint density at radius 1 is 0.423 bits per heavy atom. The Hall–Kier alpha value is -6.40. The summed E-state index contributed by atoms with van der Waals surface area (Å²) in [6.07, 6.45) is 9.31. The highest BCUT2D eigenvalue weighted by atomic mass is 15.0. The first-order chi connectivity index (χ1) is 25.8. The second-order valence-electron chi connectivity index (χ2n) is 13.4. The number of nitrogens with zero attached hydrogens (tertiary/aromatic N) is 6. The molecular weight excluding hydrogens is 637 g/mol. The van der Waals surface area contributed by atoms with Gasteiger partial charge in [-0.2, -0.15) is 0 Å². The maximum Gasteiger partial charge on any atom is 0.163 e. The smallest absolute Gasteiger partial charge is 0.163 e. The summed E-state index contributed by atoms with van der Waals surface area (Å²) in [5.41, 5.74) is 9.13. The van der Waals surface area contributed by atoms with E-state index in [0.29, 0.717) is 23.6 Å². The van der Waals surface area contributed by atoms with Gasteiger partial charge in [-0.15, -0.1) is 0 Å². The van der Waals surface area contributed by atoms with Crippen molar-refractivity contribution < 1.29 is 0 Å². The molecule has 0 spiro atoms. The lowest BCUT2D eigenvalue weighted by Crippen LogP contribution is -2.28. The van der Waals surface area contributed by atoms with E-state index in [1.807, 2.05) is 79.0 Å². The van der Waals surface area contributed by atoms with Gasteiger partial charge in [-0.25, -0.2) is 24.9 Å². The fraction of sp³-hybridized carbons (Fsp3) is 0.130. The zero-order chi connectivity index (χ0) is 34.7. The molecule has 3 unspecified atom stereocenters. The van der Waals surface area contributed by atoms with Crippen LogP contribution in [0.25, 0.3) is 67.8 Å². The molecule has 0 amide bonds. The van der Waals surface area contributed by atoms with Crippen molar-refractivity contribution in [1.29, 1.82) is 0 Å². The lowest BCUT2D eigenvalue weighted by molar-refractivity contribution is 0.318. The van der Waals surface area contributed by atoms with Crippen molar-refractivity contribution in [3.63, 3.8) is 0 Å². The van der Waals surface area contributed by atoms with Crippen molar-refractivity contribution in [2.24, 2.45) is 10.9 Å². The van der Waals surface area contributed by atoms with Gasteiger partial charge in [0.1, 0.15) is 5.82 Å². The van der Waals surface area contributed by atoms with Crippen molar-refractivity contribution >= 4 is 6.21 Å². The predicted molar refractivity (Wildman–Crippen MR) is 210 cm³/mol. The van der Waals surface area contributed by atoms with E-state index in [0.717, 1.165) is 81.2 Å². The number of aromatic nitrogens is 5. The number of allylic oxidation sites excluding steroid dienone is 1. The second kappa shape index (κ2) is 14.1. The molecule has 1 aliphatic heterocycles. The molecule has 2 aromatic heterocycles. The van der Waals surface area contributed by atoms with Crippen molar-refractivity contribution in [3.05, 3.63) is 164 Å². The van der Waals surface area contributed by atoms with Gasteiger partial charge in [-0.3, -0.25) is 4.99 Å². The summed E-state index contributed by atoms with van der Waals surface area (Å²) in [4.78, 5) is 31.0. The third-order valence-electron chi connectivity index (χ3n) is 10.1. The van der Waals surface area contributed by atoms with Gasteiger partial charge in [0.2, 0.25) is 0 Å². The molecule has 3 atom stereocenters. The van der Waals surface area contributed by atoms with E-state index < -0.39 is 0 Å². The number of dihydropyridines is 1. The van der Waals surface area contributed by atoms with Gasteiger partial charge in [-0.1, -0.05) is 146 Å². The maximum atomic E-state index is 5.46. The molecule has 0 bridgehead atoms. The highest BCUT2D eigenvalue weighted by Gasteiger charge is 2.32. The van der Waals surface area contributed by atoms with Gasteiger partial charge in [-0.05, 0) is 31.4 Å². The normalized spacial score (nSPS) is 17.8. The van der Waals surface area contributed by atoms with E-state index in [1.54, 1.807) is 0 Å². The minimum Gasteiger partial charge on any atom is -0.289 e. The van der Waals surface area contributed by atoms with Crippen LogP contribution in [0.1, 0.15) is 31.0 Å². The summed E-state index contributed by atoms with van der Waals surface area (Å²) in [6, 6.07) is 49.9. The van der Waals surface area contributed by atoms with Crippen LogP contribution in [0.5, 0.6) is 0 Å². The SMILES string of the molecule is C1=CC2CC(c3nc(-c4ccccc4)nc(-c4cccc(-c5nc(-c6ccccc6)c(-c6ccccc6)nc5-c5ccccc5)c4)n3)CCC2N=C1. The standard InChI is InChI=1S/C46H36N6/c1-5-15-31(16-6-1)40-41(32-17-7-2-8-18-32)49-43(42(48-40)33-19-9-3-10-20-33)36-23-13-24-37(30-36)45-50-44(34-21-11-4-12-22-34)51-46(52-45)38-26-27-39-35(29-38)25-14-28-47-39/h1-25,28,30,35,38-39H,26-27,29H2. The summed E-state index contributed by atoms with van der Waals surface area (Å²) < 4.78 is 0. The first-order valence-electron chi connectivity index (χ1n) is 18.0. The molecule has 6 nitrogen and oxygen atoms in total. The van der Waals surface area contributed by atoms with Crippen LogP contribution in [0.15, 0.2) is 163 Å². The number of hydrogen-bond acceptors (Lipinski definition) is 6. The number of rotatable bonds is 7. The highest BCUT2D eigenvalue weighted by molar-refractivity contribution is 5.87. The summed E-state index contributed by atoms with van der Waals surface area (Å²) >= 11 is 0. The van der Waals surface area contributed by atoms with Crippen molar-refractivity contribution in [2.75, 3.05) is 0 Å². The Labute approximate surface area is 303 Å². The topological polar surface area (TPSA) is 76.8 Å². The van der Waals surface area contributed by atoms with E-state index in [2.05, 4.69) is 84.9 Å². The van der Waals surface area contributed by atoms with Gasteiger partial charge in [0.15, 0.2) is 11.6 Å². The van der Waals surface area contributed by atoms with E-state index in [4.69, 9.17) is 29.9 Å². The molecule has 52 heavy (non-hydrogen) atoms. The molecule has 1 fully saturated rings. The average Bonchev–Trinajstić information content (AvgIpc) is 3.24. The van der Waals surface area contributed by atoms with Crippen LogP contribution >= 0.6 is 0 Å². The third kappa shape index (κ3) is 6.35.